The topological polar surface area (TPSA) is 27.7 Å². The molecule has 0 spiro atoms. The first-order valence-electron chi connectivity index (χ1n) is 6.04. The molecule has 0 N–H and O–H groups in total. The van der Waals surface area contributed by atoms with Crippen LogP contribution >= 0.6 is 0 Å². The van der Waals surface area contributed by atoms with E-state index < -0.39 is 0 Å². The van der Waals surface area contributed by atoms with Crippen molar-refractivity contribution in [1.29, 1.82) is 0 Å². The molecule has 0 fully saturated rings. The molecule has 0 saturated carbocycles. The molecule has 0 heterocycles. The standard InChI is InChI=1S/C16H16O3/c1-3-17-13(2)18-15-9-11-16(12-10-15)19-14-7-5-4-6-8-14/h3-13H,1H2,2H3. The third-order valence-corrected chi connectivity index (χ3v) is 2.39. The molecule has 3 heteroatoms. The highest BCUT2D eigenvalue weighted by atomic mass is 16.7. The van der Waals surface area contributed by atoms with E-state index in [4.69, 9.17) is 14.2 Å². The van der Waals surface area contributed by atoms with Crippen molar-refractivity contribution >= 4 is 0 Å². The molecule has 2 aromatic rings. The Hall–Kier alpha value is -2.42. The monoisotopic (exact) mass is 256 g/mol. The Balaban J connectivity index is 1.96. The van der Waals surface area contributed by atoms with Gasteiger partial charge in [0.25, 0.3) is 0 Å². The number of rotatable bonds is 6. The van der Waals surface area contributed by atoms with Crippen LogP contribution in [-0.4, -0.2) is 6.29 Å². The second-order valence-corrected chi connectivity index (χ2v) is 3.87. The largest absolute Gasteiger partial charge is 0.463 e. The highest BCUT2D eigenvalue weighted by Gasteiger charge is 2.03. The molecule has 2 rings (SSSR count). The maximum Gasteiger partial charge on any atom is 0.237 e. The van der Waals surface area contributed by atoms with E-state index in [0.717, 1.165) is 17.2 Å². The van der Waals surface area contributed by atoms with Crippen LogP contribution < -0.4 is 9.47 Å². The van der Waals surface area contributed by atoms with Crippen LogP contribution in [0, 0.1) is 0 Å². The van der Waals surface area contributed by atoms with Crippen molar-refractivity contribution in [1.82, 2.24) is 0 Å². The molecule has 1 unspecified atom stereocenters. The van der Waals surface area contributed by atoms with Gasteiger partial charge in [0.05, 0.1) is 6.26 Å². The van der Waals surface area contributed by atoms with E-state index in [1.54, 1.807) is 6.92 Å². The molecule has 98 valence electrons. The van der Waals surface area contributed by atoms with E-state index in [2.05, 4.69) is 6.58 Å². The molecule has 3 nitrogen and oxygen atoms in total. The summed E-state index contributed by atoms with van der Waals surface area (Å²) in [6.07, 6.45) is 0.996. The number of hydrogen-bond donors (Lipinski definition) is 0. The van der Waals surface area contributed by atoms with E-state index in [1.165, 1.54) is 6.26 Å². The zero-order valence-electron chi connectivity index (χ0n) is 10.8. The molecule has 19 heavy (non-hydrogen) atoms. The fourth-order valence-corrected chi connectivity index (χ4v) is 1.57. The van der Waals surface area contributed by atoms with E-state index in [0.29, 0.717) is 0 Å². The summed E-state index contributed by atoms with van der Waals surface area (Å²) in [5.41, 5.74) is 0. The van der Waals surface area contributed by atoms with Crippen molar-refractivity contribution in [3.05, 3.63) is 67.4 Å². The summed E-state index contributed by atoms with van der Waals surface area (Å²) in [6, 6.07) is 17.0. The zero-order valence-corrected chi connectivity index (χ0v) is 10.8. The lowest BCUT2D eigenvalue weighted by molar-refractivity contribution is -0.0132. The van der Waals surface area contributed by atoms with Gasteiger partial charge in [-0.1, -0.05) is 24.8 Å². The summed E-state index contributed by atoms with van der Waals surface area (Å²) in [7, 11) is 0. The second-order valence-electron chi connectivity index (χ2n) is 3.87. The number of benzene rings is 2. The molecule has 1 atom stereocenters. The Kier molecular flexibility index (Phi) is 4.45. The highest BCUT2D eigenvalue weighted by molar-refractivity contribution is 5.35. The third-order valence-electron chi connectivity index (χ3n) is 2.39. The highest BCUT2D eigenvalue weighted by Crippen LogP contribution is 2.24. The van der Waals surface area contributed by atoms with Crippen LogP contribution in [0.4, 0.5) is 0 Å². The molecule has 0 aromatic heterocycles. The van der Waals surface area contributed by atoms with Gasteiger partial charge in [-0.2, -0.15) is 0 Å². The second kappa shape index (κ2) is 6.50. The lowest BCUT2D eigenvalue weighted by Gasteiger charge is -2.14. The molecule has 0 amide bonds. The average molecular weight is 256 g/mol. The zero-order chi connectivity index (χ0) is 13.5. The smallest absolute Gasteiger partial charge is 0.237 e. The Morgan fingerprint density at radius 1 is 0.895 bits per heavy atom. The summed E-state index contributed by atoms with van der Waals surface area (Å²) in [6.45, 7) is 5.28. The Morgan fingerprint density at radius 3 is 2.11 bits per heavy atom. The van der Waals surface area contributed by atoms with Crippen LogP contribution in [0.15, 0.2) is 67.4 Å². The Morgan fingerprint density at radius 2 is 1.47 bits per heavy atom. The minimum atomic E-state index is -0.363. The van der Waals surface area contributed by atoms with Crippen molar-refractivity contribution in [3.8, 4) is 17.2 Å². The van der Waals surface area contributed by atoms with Gasteiger partial charge in [-0.15, -0.1) is 0 Å². The van der Waals surface area contributed by atoms with Crippen LogP contribution in [0.2, 0.25) is 0 Å². The molecule has 0 aliphatic carbocycles. The molecule has 0 aliphatic rings. The van der Waals surface area contributed by atoms with Crippen LogP contribution in [0.25, 0.3) is 0 Å². The van der Waals surface area contributed by atoms with Crippen molar-refractivity contribution in [2.75, 3.05) is 0 Å². The van der Waals surface area contributed by atoms with E-state index >= 15 is 0 Å². The number of ether oxygens (including phenoxy) is 3. The van der Waals surface area contributed by atoms with E-state index in [-0.39, 0.29) is 6.29 Å². The molecular formula is C16H16O3. The summed E-state index contributed by atoms with van der Waals surface area (Å²) in [5, 5.41) is 0. The lowest BCUT2D eigenvalue weighted by atomic mass is 10.3. The van der Waals surface area contributed by atoms with Crippen molar-refractivity contribution in [2.45, 2.75) is 13.2 Å². The quantitative estimate of drug-likeness (QED) is 0.567. The van der Waals surface area contributed by atoms with Crippen molar-refractivity contribution < 1.29 is 14.2 Å². The molecule has 0 bridgehead atoms. The van der Waals surface area contributed by atoms with E-state index in [1.807, 2.05) is 54.6 Å². The Bertz CT molecular complexity index is 505. The van der Waals surface area contributed by atoms with Crippen LogP contribution in [0.3, 0.4) is 0 Å². The predicted octanol–water partition coefficient (Wildman–Crippen LogP) is 4.36. The lowest BCUT2D eigenvalue weighted by Crippen LogP contribution is -2.12. The van der Waals surface area contributed by atoms with Crippen LogP contribution in [0.1, 0.15) is 6.92 Å². The van der Waals surface area contributed by atoms with Gasteiger partial charge in [0.15, 0.2) is 0 Å². The third kappa shape index (κ3) is 4.07. The van der Waals surface area contributed by atoms with Gasteiger partial charge < -0.3 is 14.2 Å². The summed E-state index contributed by atoms with van der Waals surface area (Å²) in [4.78, 5) is 0. The van der Waals surface area contributed by atoms with Gasteiger partial charge in [0, 0.05) is 6.92 Å². The van der Waals surface area contributed by atoms with Crippen molar-refractivity contribution in [2.24, 2.45) is 0 Å². The van der Waals surface area contributed by atoms with E-state index in [9.17, 15) is 0 Å². The Labute approximate surface area is 113 Å². The first-order valence-corrected chi connectivity index (χ1v) is 6.04. The normalized spacial score (nSPS) is 11.4. The minimum Gasteiger partial charge on any atom is -0.463 e. The SMILES string of the molecule is C=COC(C)Oc1ccc(Oc2ccccc2)cc1. The summed E-state index contributed by atoms with van der Waals surface area (Å²) >= 11 is 0. The first kappa shape index (κ1) is 13.0. The number of para-hydroxylation sites is 1. The van der Waals surface area contributed by atoms with Gasteiger partial charge in [0.2, 0.25) is 6.29 Å². The molecular weight excluding hydrogens is 240 g/mol. The van der Waals surface area contributed by atoms with Gasteiger partial charge in [-0.3, -0.25) is 0 Å². The van der Waals surface area contributed by atoms with Gasteiger partial charge in [0.1, 0.15) is 17.2 Å². The molecule has 0 aliphatic heterocycles. The predicted molar refractivity (Wildman–Crippen MR) is 74.3 cm³/mol. The van der Waals surface area contributed by atoms with Gasteiger partial charge in [-0.05, 0) is 36.4 Å². The fourth-order valence-electron chi connectivity index (χ4n) is 1.57. The first-order chi connectivity index (χ1) is 9.28. The summed E-state index contributed by atoms with van der Waals surface area (Å²) in [5.74, 6) is 2.28. The molecule has 2 aromatic carbocycles. The molecule has 0 radical (unpaired) electrons. The van der Waals surface area contributed by atoms with Gasteiger partial charge >= 0.3 is 0 Å². The van der Waals surface area contributed by atoms with Crippen LogP contribution in [0.5, 0.6) is 17.2 Å². The maximum absolute atomic E-state index is 5.68. The average Bonchev–Trinajstić information content (AvgIpc) is 2.42. The fraction of sp³-hybridized carbons (Fsp3) is 0.125. The number of hydrogen-bond acceptors (Lipinski definition) is 3. The van der Waals surface area contributed by atoms with Gasteiger partial charge in [-0.25, -0.2) is 0 Å². The molecule has 0 saturated heterocycles. The minimum absolute atomic E-state index is 0.363. The summed E-state index contributed by atoms with van der Waals surface area (Å²) < 4.78 is 16.3. The maximum atomic E-state index is 5.68. The van der Waals surface area contributed by atoms with Crippen LogP contribution in [-0.2, 0) is 4.74 Å². The van der Waals surface area contributed by atoms with Crippen molar-refractivity contribution in [3.63, 3.8) is 0 Å².